The smallest absolute Gasteiger partial charge is 0.142 e. The Kier molecular flexibility index (Phi) is 3.83. The van der Waals surface area contributed by atoms with Crippen LogP contribution in [-0.2, 0) is 0 Å². The van der Waals surface area contributed by atoms with Crippen molar-refractivity contribution in [2.24, 2.45) is 5.92 Å². The first-order chi connectivity index (χ1) is 7.93. The number of ether oxygens (including phenoxy) is 1. The van der Waals surface area contributed by atoms with Crippen LogP contribution in [0.25, 0.3) is 0 Å². The predicted octanol–water partition coefficient (Wildman–Crippen LogP) is 3.14. The van der Waals surface area contributed by atoms with Crippen LogP contribution in [0.1, 0.15) is 26.7 Å². The highest BCUT2D eigenvalue weighted by atomic mass is 16.5. The molecule has 2 aliphatic rings. The van der Waals surface area contributed by atoms with E-state index in [9.17, 15) is 0 Å². The van der Waals surface area contributed by atoms with Gasteiger partial charge in [0.2, 0.25) is 0 Å². The minimum Gasteiger partial charge on any atom is -0.478 e. The molecule has 16 heavy (non-hydrogen) atoms. The van der Waals surface area contributed by atoms with Crippen molar-refractivity contribution < 1.29 is 4.74 Å². The van der Waals surface area contributed by atoms with Crippen molar-refractivity contribution in [3.63, 3.8) is 0 Å². The second-order valence-corrected chi connectivity index (χ2v) is 4.25. The molecular weight excluding hydrogens is 198 g/mol. The lowest BCUT2D eigenvalue weighted by atomic mass is 10.3. The van der Waals surface area contributed by atoms with Crippen molar-refractivity contribution in [2.75, 3.05) is 13.3 Å². The predicted molar refractivity (Wildman–Crippen MR) is 66.5 cm³/mol. The maximum atomic E-state index is 5.71. The molecule has 1 saturated carbocycles. The minimum absolute atomic E-state index is 0.769. The number of benzene rings is 1. The number of hydrogen-bond donors (Lipinski definition) is 0. The molecule has 2 atom stereocenters. The first-order valence-electron chi connectivity index (χ1n) is 6.35. The van der Waals surface area contributed by atoms with Gasteiger partial charge in [-0.25, -0.2) is 0 Å². The Labute approximate surface area is 98.2 Å². The third-order valence-electron chi connectivity index (χ3n) is 3.28. The molecule has 2 heteroatoms. The standard InChI is InChI=1S/C12H15NO.C2H6/c1-2-4-11(5-3-1)14-9-13-7-6-10-8-12(10)13;1-2/h1-5,10,12H,6-9H2;1-2H3. The monoisotopic (exact) mass is 219 g/mol. The highest BCUT2D eigenvalue weighted by Gasteiger charge is 2.46. The third-order valence-corrected chi connectivity index (χ3v) is 3.28. The largest absolute Gasteiger partial charge is 0.478 e. The second-order valence-electron chi connectivity index (χ2n) is 4.25. The summed E-state index contributed by atoms with van der Waals surface area (Å²) in [7, 11) is 0. The van der Waals surface area contributed by atoms with E-state index in [2.05, 4.69) is 4.90 Å². The van der Waals surface area contributed by atoms with E-state index in [0.717, 1.165) is 24.4 Å². The van der Waals surface area contributed by atoms with Crippen LogP contribution in [0.15, 0.2) is 30.3 Å². The number of likely N-dealkylation sites (tertiary alicyclic amines) is 1. The molecule has 1 aromatic rings. The Hall–Kier alpha value is -1.02. The van der Waals surface area contributed by atoms with Crippen molar-refractivity contribution in [1.29, 1.82) is 0 Å². The molecule has 0 N–H and O–H groups in total. The van der Waals surface area contributed by atoms with E-state index in [0.29, 0.717) is 0 Å². The molecule has 2 nitrogen and oxygen atoms in total. The number of hydrogen-bond acceptors (Lipinski definition) is 2. The zero-order valence-electron chi connectivity index (χ0n) is 10.2. The number of fused-ring (bicyclic) bond motifs is 1. The van der Waals surface area contributed by atoms with E-state index in [1.54, 1.807) is 0 Å². The molecule has 1 aromatic carbocycles. The summed E-state index contributed by atoms with van der Waals surface area (Å²) in [5, 5.41) is 0. The lowest BCUT2D eigenvalue weighted by Gasteiger charge is -2.17. The zero-order chi connectivity index (χ0) is 11.4. The van der Waals surface area contributed by atoms with Gasteiger partial charge < -0.3 is 4.74 Å². The molecule has 0 bridgehead atoms. The van der Waals surface area contributed by atoms with Crippen LogP contribution in [0.4, 0.5) is 0 Å². The summed E-state index contributed by atoms with van der Waals surface area (Å²) in [6.45, 7) is 5.99. The molecular formula is C14H21NO. The van der Waals surface area contributed by atoms with Gasteiger partial charge in [0, 0.05) is 12.6 Å². The molecule has 2 fully saturated rings. The molecule has 0 spiro atoms. The highest BCUT2D eigenvalue weighted by molar-refractivity contribution is 5.20. The lowest BCUT2D eigenvalue weighted by Crippen LogP contribution is -2.27. The van der Waals surface area contributed by atoms with Crippen molar-refractivity contribution in [3.8, 4) is 5.75 Å². The van der Waals surface area contributed by atoms with Gasteiger partial charge in [-0.2, -0.15) is 0 Å². The van der Waals surface area contributed by atoms with Crippen molar-refractivity contribution in [1.82, 2.24) is 4.90 Å². The molecule has 1 aliphatic carbocycles. The Balaban J connectivity index is 0.000000457. The van der Waals surface area contributed by atoms with E-state index >= 15 is 0 Å². The van der Waals surface area contributed by atoms with Crippen LogP contribution < -0.4 is 4.74 Å². The molecule has 88 valence electrons. The third kappa shape index (κ3) is 2.56. The number of piperidine rings is 1. The average molecular weight is 219 g/mol. The minimum atomic E-state index is 0.769. The van der Waals surface area contributed by atoms with Gasteiger partial charge in [-0.3, -0.25) is 4.90 Å². The molecule has 2 unspecified atom stereocenters. The summed E-state index contributed by atoms with van der Waals surface area (Å²) in [6.07, 6.45) is 2.78. The van der Waals surface area contributed by atoms with E-state index in [1.165, 1.54) is 19.4 Å². The first-order valence-corrected chi connectivity index (χ1v) is 6.35. The van der Waals surface area contributed by atoms with E-state index < -0.39 is 0 Å². The van der Waals surface area contributed by atoms with Crippen LogP contribution in [-0.4, -0.2) is 24.2 Å². The van der Waals surface area contributed by atoms with Crippen molar-refractivity contribution >= 4 is 0 Å². The van der Waals surface area contributed by atoms with Crippen molar-refractivity contribution in [2.45, 2.75) is 32.7 Å². The molecule has 1 aliphatic heterocycles. The van der Waals surface area contributed by atoms with Gasteiger partial charge in [-0.05, 0) is 30.9 Å². The Morgan fingerprint density at radius 2 is 2.00 bits per heavy atom. The van der Waals surface area contributed by atoms with Crippen molar-refractivity contribution in [3.05, 3.63) is 30.3 Å². The zero-order valence-corrected chi connectivity index (χ0v) is 10.2. The molecule has 0 radical (unpaired) electrons. The molecule has 1 heterocycles. The molecule has 0 aromatic heterocycles. The summed E-state index contributed by atoms with van der Waals surface area (Å²) < 4.78 is 5.71. The van der Waals surface area contributed by atoms with Gasteiger partial charge in [0.15, 0.2) is 0 Å². The van der Waals surface area contributed by atoms with Crippen LogP contribution >= 0.6 is 0 Å². The van der Waals surface area contributed by atoms with Crippen LogP contribution in [0.2, 0.25) is 0 Å². The maximum absolute atomic E-state index is 5.71. The SMILES string of the molecule is CC.c1ccc(OCN2CCC3CC32)cc1. The van der Waals surface area contributed by atoms with Gasteiger partial charge in [-0.1, -0.05) is 32.0 Å². The van der Waals surface area contributed by atoms with Crippen LogP contribution in [0.3, 0.4) is 0 Å². The van der Waals surface area contributed by atoms with Crippen LogP contribution in [0, 0.1) is 5.92 Å². The number of nitrogens with zero attached hydrogens (tertiary/aromatic N) is 1. The Bertz CT molecular complexity index is 312. The molecule has 0 amide bonds. The molecule has 1 saturated heterocycles. The topological polar surface area (TPSA) is 12.5 Å². The summed E-state index contributed by atoms with van der Waals surface area (Å²) in [5.74, 6) is 1.98. The van der Waals surface area contributed by atoms with Crippen LogP contribution in [0.5, 0.6) is 5.75 Å². The van der Waals surface area contributed by atoms with Gasteiger partial charge in [0.1, 0.15) is 12.5 Å². The van der Waals surface area contributed by atoms with Gasteiger partial charge in [-0.15, -0.1) is 0 Å². The fourth-order valence-corrected chi connectivity index (χ4v) is 2.32. The highest BCUT2D eigenvalue weighted by Crippen LogP contribution is 2.44. The Morgan fingerprint density at radius 1 is 1.25 bits per heavy atom. The lowest BCUT2D eigenvalue weighted by molar-refractivity contribution is 0.135. The summed E-state index contributed by atoms with van der Waals surface area (Å²) in [4.78, 5) is 2.46. The van der Waals surface area contributed by atoms with Gasteiger partial charge in [0.25, 0.3) is 0 Å². The Morgan fingerprint density at radius 3 is 2.56 bits per heavy atom. The first kappa shape index (κ1) is 11.5. The maximum Gasteiger partial charge on any atom is 0.142 e. The fraction of sp³-hybridized carbons (Fsp3) is 0.571. The second kappa shape index (κ2) is 5.35. The van der Waals surface area contributed by atoms with E-state index in [1.807, 2.05) is 44.2 Å². The average Bonchev–Trinajstić information content (AvgIpc) is 3.05. The molecule has 3 rings (SSSR count). The van der Waals surface area contributed by atoms with Gasteiger partial charge in [0.05, 0.1) is 0 Å². The number of para-hydroxylation sites is 1. The summed E-state index contributed by atoms with van der Waals surface area (Å²) in [5.41, 5.74) is 0. The number of rotatable bonds is 3. The van der Waals surface area contributed by atoms with E-state index in [4.69, 9.17) is 4.74 Å². The normalized spacial score (nSPS) is 26.6. The fourth-order valence-electron chi connectivity index (χ4n) is 2.32. The summed E-state index contributed by atoms with van der Waals surface area (Å²) in [6, 6.07) is 10.9. The quantitative estimate of drug-likeness (QED) is 0.774. The van der Waals surface area contributed by atoms with Gasteiger partial charge >= 0.3 is 0 Å². The van der Waals surface area contributed by atoms with E-state index in [-0.39, 0.29) is 0 Å². The summed E-state index contributed by atoms with van der Waals surface area (Å²) >= 11 is 0.